The van der Waals surface area contributed by atoms with Crippen molar-refractivity contribution < 1.29 is 44.2 Å². The summed E-state index contributed by atoms with van der Waals surface area (Å²) in [5, 5.41) is 34.9. The van der Waals surface area contributed by atoms with E-state index >= 15 is 0 Å². The highest BCUT2D eigenvalue weighted by Crippen LogP contribution is 2.67. The summed E-state index contributed by atoms with van der Waals surface area (Å²) < 4.78 is 12.2. The molecule has 8 atom stereocenters. The van der Waals surface area contributed by atoms with Crippen LogP contribution in [0.4, 0.5) is 0 Å². The molecular weight excluding hydrogens is 926 g/mol. The fourth-order valence-corrected chi connectivity index (χ4v) is 10.9. The number of carbonyl (C=O) groups is 2. The zero-order valence-electron chi connectivity index (χ0n) is 36.9. The molecule has 0 radical (unpaired) electrons. The second-order valence-corrected chi connectivity index (χ2v) is 24.4. The van der Waals surface area contributed by atoms with Crippen LogP contribution in [0, 0.1) is 22.2 Å². The highest BCUT2D eigenvalue weighted by Gasteiger charge is 2.66. The summed E-state index contributed by atoms with van der Waals surface area (Å²) in [5.74, 6) is -0.480. The standard InChI is InChI=1S/C44H78I2O9/c1-15-31(45)33(47)52-40(13)20-17-19-30(25-42(26-40,37(7,8)50)24-23-35(3,4)49)36(5,6)54-55-39(11,12)44-22-18-21-43(29-44,38(9,10)51)27-41(14,28-44)53-34(48)32(46)16-2/h30-32,49-51H,15-29H2,1-14H3. The SMILES string of the molecule is CCC(I)C(=O)OC1(C)CCCC(C(C)(C)OOC(C)(C)C23CCCC(C(C)(C)O)(CC(C)(OC(=O)C(I)CC)C2)C3)CC(CCC(C)(C)O)(C(C)(C)O)C1. The lowest BCUT2D eigenvalue weighted by molar-refractivity contribution is -0.438. The van der Waals surface area contributed by atoms with Gasteiger partial charge in [-0.25, -0.2) is 9.78 Å². The van der Waals surface area contributed by atoms with Crippen molar-refractivity contribution in [2.45, 2.75) is 240 Å². The molecule has 322 valence electrons. The normalized spacial score (nSPS) is 33.9. The van der Waals surface area contributed by atoms with Crippen LogP contribution >= 0.6 is 45.2 Å². The van der Waals surface area contributed by atoms with Gasteiger partial charge in [-0.1, -0.05) is 65.5 Å². The van der Waals surface area contributed by atoms with Gasteiger partial charge in [0.05, 0.1) is 16.8 Å². The Morgan fingerprint density at radius 2 is 1.20 bits per heavy atom. The average Bonchev–Trinajstić information content (AvgIpc) is 3.02. The van der Waals surface area contributed by atoms with Crippen molar-refractivity contribution in [1.82, 2.24) is 0 Å². The fourth-order valence-electron chi connectivity index (χ4n) is 10.6. The van der Waals surface area contributed by atoms with E-state index in [9.17, 15) is 24.9 Å². The molecule has 0 aliphatic heterocycles. The molecule has 3 aliphatic carbocycles. The minimum atomic E-state index is -1.17. The summed E-state index contributed by atoms with van der Waals surface area (Å²) in [4.78, 5) is 40.0. The van der Waals surface area contributed by atoms with E-state index in [0.717, 1.165) is 38.5 Å². The third-order valence-electron chi connectivity index (χ3n) is 14.5. The first-order valence-corrected chi connectivity index (χ1v) is 23.5. The van der Waals surface area contributed by atoms with E-state index in [2.05, 4.69) is 72.9 Å². The summed E-state index contributed by atoms with van der Waals surface area (Å²) in [7, 11) is 0. The Balaban J connectivity index is 2.00. The van der Waals surface area contributed by atoms with Crippen LogP contribution in [0.3, 0.4) is 0 Å². The molecule has 3 rings (SSSR count). The number of halogens is 2. The summed E-state index contributed by atoms with van der Waals surface area (Å²) in [6.45, 7) is 27.4. The minimum Gasteiger partial charge on any atom is -0.459 e. The van der Waals surface area contributed by atoms with Gasteiger partial charge in [0.1, 0.15) is 30.3 Å². The van der Waals surface area contributed by atoms with Gasteiger partial charge in [0, 0.05) is 16.2 Å². The van der Waals surface area contributed by atoms with Crippen LogP contribution in [0.2, 0.25) is 0 Å². The molecule has 3 N–H and O–H groups in total. The van der Waals surface area contributed by atoms with Crippen molar-refractivity contribution in [3.05, 3.63) is 0 Å². The molecular formula is C44H78I2O9. The number of hydrogen-bond donors (Lipinski definition) is 3. The molecule has 0 saturated heterocycles. The predicted molar refractivity (Wildman–Crippen MR) is 235 cm³/mol. The molecule has 55 heavy (non-hydrogen) atoms. The highest BCUT2D eigenvalue weighted by molar-refractivity contribution is 14.1. The van der Waals surface area contributed by atoms with Gasteiger partial charge in [0.2, 0.25) is 0 Å². The number of rotatable bonds is 16. The van der Waals surface area contributed by atoms with Crippen LogP contribution in [-0.2, 0) is 28.8 Å². The zero-order chi connectivity index (χ0) is 42.3. The first-order chi connectivity index (χ1) is 24.7. The Morgan fingerprint density at radius 3 is 1.69 bits per heavy atom. The van der Waals surface area contributed by atoms with E-state index in [1.165, 1.54) is 0 Å². The molecule has 8 unspecified atom stereocenters. The number of aliphatic hydroxyl groups is 3. The highest BCUT2D eigenvalue weighted by atomic mass is 127. The van der Waals surface area contributed by atoms with Crippen LogP contribution in [0.1, 0.15) is 193 Å². The monoisotopic (exact) mass is 1000 g/mol. The smallest absolute Gasteiger partial charge is 0.319 e. The lowest BCUT2D eigenvalue weighted by Crippen LogP contribution is -2.65. The molecule has 0 aromatic heterocycles. The van der Waals surface area contributed by atoms with Crippen molar-refractivity contribution >= 4 is 57.1 Å². The molecule has 3 fully saturated rings. The molecule has 0 spiro atoms. The van der Waals surface area contributed by atoms with Gasteiger partial charge in [0.15, 0.2) is 0 Å². The molecule has 3 saturated carbocycles. The number of carbonyl (C=O) groups excluding carboxylic acids is 2. The first kappa shape index (κ1) is 49.6. The van der Waals surface area contributed by atoms with Gasteiger partial charge in [-0.15, -0.1) is 0 Å². The lowest BCUT2D eigenvalue weighted by Gasteiger charge is -2.64. The maximum absolute atomic E-state index is 13.3. The summed E-state index contributed by atoms with van der Waals surface area (Å²) in [6.07, 6.45) is 10.1. The molecule has 0 aromatic carbocycles. The van der Waals surface area contributed by atoms with Crippen LogP contribution in [0.15, 0.2) is 0 Å². The number of fused-ring (bicyclic) bond motifs is 2. The molecule has 2 bridgehead atoms. The Kier molecular flexibility index (Phi) is 15.6. The minimum absolute atomic E-state index is 0.0451. The van der Waals surface area contributed by atoms with Crippen molar-refractivity contribution in [3.63, 3.8) is 0 Å². The van der Waals surface area contributed by atoms with E-state index in [4.69, 9.17) is 19.2 Å². The Labute approximate surface area is 361 Å². The maximum Gasteiger partial charge on any atom is 0.319 e. The van der Waals surface area contributed by atoms with Crippen LogP contribution < -0.4 is 0 Å². The first-order valence-electron chi connectivity index (χ1n) is 21.0. The van der Waals surface area contributed by atoms with E-state index in [1.807, 2.05) is 55.4 Å². The second kappa shape index (κ2) is 17.3. The number of ether oxygens (including phenoxy) is 2. The van der Waals surface area contributed by atoms with Gasteiger partial charge in [-0.3, -0.25) is 9.59 Å². The van der Waals surface area contributed by atoms with Crippen molar-refractivity contribution in [1.29, 1.82) is 0 Å². The fraction of sp³-hybridized carbons (Fsp3) is 0.955. The Hall–Kier alpha value is 0.200. The van der Waals surface area contributed by atoms with E-state index in [-0.39, 0.29) is 25.7 Å². The van der Waals surface area contributed by atoms with Crippen LogP contribution in [-0.4, -0.2) is 74.3 Å². The molecule has 11 heteroatoms. The van der Waals surface area contributed by atoms with E-state index < -0.39 is 55.5 Å². The molecule has 3 aliphatic rings. The van der Waals surface area contributed by atoms with Gasteiger partial charge < -0.3 is 24.8 Å². The Morgan fingerprint density at radius 1 is 0.691 bits per heavy atom. The summed E-state index contributed by atoms with van der Waals surface area (Å²) >= 11 is 4.31. The largest absolute Gasteiger partial charge is 0.459 e. The van der Waals surface area contributed by atoms with E-state index in [1.54, 1.807) is 13.8 Å². The average molecular weight is 1000 g/mol. The number of alkyl halides is 2. The summed E-state index contributed by atoms with van der Waals surface area (Å²) in [5.41, 5.74) is -7.97. The predicted octanol–water partition coefficient (Wildman–Crippen LogP) is 10.5. The van der Waals surface area contributed by atoms with Gasteiger partial charge in [0.25, 0.3) is 0 Å². The quantitative estimate of drug-likeness (QED) is 0.0455. The lowest BCUT2D eigenvalue weighted by atomic mass is 9.44. The maximum atomic E-state index is 13.3. The van der Waals surface area contributed by atoms with Crippen molar-refractivity contribution in [2.75, 3.05) is 0 Å². The zero-order valence-corrected chi connectivity index (χ0v) is 41.2. The van der Waals surface area contributed by atoms with Gasteiger partial charge >= 0.3 is 11.9 Å². The third-order valence-corrected chi connectivity index (χ3v) is 17.3. The van der Waals surface area contributed by atoms with Gasteiger partial charge in [-0.2, -0.15) is 0 Å². The Bertz CT molecular complexity index is 1330. The summed E-state index contributed by atoms with van der Waals surface area (Å²) in [6, 6.07) is 0. The number of esters is 2. The van der Waals surface area contributed by atoms with Crippen molar-refractivity contribution in [3.8, 4) is 0 Å². The second-order valence-electron chi connectivity index (χ2n) is 21.4. The van der Waals surface area contributed by atoms with Gasteiger partial charge in [-0.05, 0) is 179 Å². The molecule has 0 aromatic rings. The molecule has 0 heterocycles. The third kappa shape index (κ3) is 11.5. The van der Waals surface area contributed by atoms with Crippen molar-refractivity contribution in [2.24, 2.45) is 22.2 Å². The molecule has 0 amide bonds. The van der Waals surface area contributed by atoms with Crippen LogP contribution in [0.5, 0.6) is 0 Å². The number of hydrogen-bond acceptors (Lipinski definition) is 9. The van der Waals surface area contributed by atoms with Crippen LogP contribution in [0.25, 0.3) is 0 Å². The topological polar surface area (TPSA) is 132 Å². The van der Waals surface area contributed by atoms with E-state index in [0.29, 0.717) is 57.8 Å². The molecule has 9 nitrogen and oxygen atoms in total.